The number of carbonyl (C=O) groups is 1. The Morgan fingerprint density at radius 3 is 2.38 bits per heavy atom. The fourth-order valence-electron chi connectivity index (χ4n) is 0.635. The Morgan fingerprint density at radius 1 is 1.46 bits per heavy atom. The summed E-state index contributed by atoms with van der Waals surface area (Å²) in [6.45, 7) is 7.49. The van der Waals surface area contributed by atoms with Crippen LogP contribution in [0.4, 0.5) is 0 Å². The van der Waals surface area contributed by atoms with E-state index in [2.05, 4.69) is 4.74 Å². The van der Waals surface area contributed by atoms with Gasteiger partial charge in [-0.1, -0.05) is 0 Å². The monoisotopic (exact) mass is 190 g/mol. The number of aliphatic hydroxyl groups is 1. The van der Waals surface area contributed by atoms with Crippen LogP contribution in [0.15, 0.2) is 0 Å². The smallest absolute Gasteiger partial charge is 0.337 e. The summed E-state index contributed by atoms with van der Waals surface area (Å²) in [7, 11) is 0. The highest BCUT2D eigenvalue weighted by atomic mass is 16.6. The van der Waals surface area contributed by atoms with Crippen molar-refractivity contribution < 1.29 is 19.4 Å². The van der Waals surface area contributed by atoms with Gasteiger partial charge in [0.1, 0.15) is 0 Å². The maximum absolute atomic E-state index is 10.9. The standard InChI is InChI=1S/C9H18O4/c1-5-12-8(11)7(10)6-13-9(2,3)4/h7,10H,5-6H2,1-4H3/t7-/m0/s1. The Bertz CT molecular complexity index is 159. The van der Waals surface area contributed by atoms with E-state index in [9.17, 15) is 9.90 Å². The van der Waals surface area contributed by atoms with Gasteiger partial charge in [-0.15, -0.1) is 0 Å². The molecule has 0 saturated carbocycles. The number of hydrogen-bond acceptors (Lipinski definition) is 4. The molecule has 0 saturated heterocycles. The minimum absolute atomic E-state index is 0.0255. The largest absolute Gasteiger partial charge is 0.464 e. The topological polar surface area (TPSA) is 55.8 Å². The molecule has 0 fully saturated rings. The second kappa shape index (κ2) is 5.19. The van der Waals surface area contributed by atoms with Crippen LogP contribution in [0.5, 0.6) is 0 Å². The van der Waals surface area contributed by atoms with E-state index < -0.39 is 12.1 Å². The first-order valence-electron chi connectivity index (χ1n) is 4.35. The molecule has 1 atom stereocenters. The zero-order chi connectivity index (χ0) is 10.5. The SMILES string of the molecule is CCOC(=O)[C@@H](O)COC(C)(C)C. The quantitative estimate of drug-likeness (QED) is 0.664. The molecule has 0 aromatic heterocycles. The summed E-state index contributed by atoms with van der Waals surface area (Å²) in [5, 5.41) is 9.21. The summed E-state index contributed by atoms with van der Waals surface area (Å²) in [6.07, 6.45) is -1.18. The van der Waals surface area contributed by atoms with Gasteiger partial charge in [0.25, 0.3) is 0 Å². The molecule has 1 N–H and O–H groups in total. The van der Waals surface area contributed by atoms with Crippen molar-refractivity contribution in [2.24, 2.45) is 0 Å². The third-order valence-electron chi connectivity index (χ3n) is 1.23. The Balaban J connectivity index is 3.74. The van der Waals surface area contributed by atoms with Crippen molar-refractivity contribution in [3.63, 3.8) is 0 Å². The summed E-state index contributed by atoms with van der Waals surface area (Å²) in [5.41, 5.74) is -0.354. The Kier molecular flexibility index (Phi) is 4.95. The van der Waals surface area contributed by atoms with Gasteiger partial charge in [0, 0.05) is 0 Å². The molecule has 0 radical (unpaired) electrons. The Hall–Kier alpha value is -0.610. The molecule has 0 heterocycles. The average Bonchev–Trinajstić information content (AvgIpc) is 1.99. The van der Waals surface area contributed by atoms with Crippen molar-refractivity contribution in [2.75, 3.05) is 13.2 Å². The van der Waals surface area contributed by atoms with Gasteiger partial charge in [-0.25, -0.2) is 4.79 Å². The third kappa shape index (κ3) is 6.54. The van der Waals surface area contributed by atoms with Crippen LogP contribution < -0.4 is 0 Å². The second-order valence-electron chi connectivity index (χ2n) is 3.69. The van der Waals surface area contributed by atoms with E-state index in [0.717, 1.165) is 0 Å². The van der Waals surface area contributed by atoms with E-state index in [1.807, 2.05) is 20.8 Å². The van der Waals surface area contributed by atoms with E-state index in [4.69, 9.17) is 4.74 Å². The van der Waals surface area contributed by atoms with Crippen LogP contribution in [0.25, 0.3) is 0 Å². The molecular weight excluding hydrogens is 172 g/mol. The third-order valence-corrected chi connectivity index (χ3v) is 1.23. The zero-order valence-electron chi connectivity index (χ0n) is 8.66. The number of hydrogen-bond donors (Lipinski definition) is 1. The molecule has 0 aromatic carbocycles. The van der Waals surface area contributed by atoms with Crippen LogP contribution in [-0.2, 0) is 14.3 Å². The molecule has 0 aliphatic heterocycles. The Labute approximate surface area is 78.8 Å². The van der Waals surface area contributed by atoms with Crippen LogP contribution in [0.3, 0.4) is 0 Å². The normalized spacial score (nSPS) is 13.9. The molecule has 0 aliphatic rings. The van der Waals surface area contributed by atoms with Gasteiger partial charge >= 0.3 is 5.97 Å². The zero-order valence-corrected chi connectivity index (χ0v) is 8.66. The van der Waals surface area contributed by atoms with Crippen molar-refractivity contribution in [1.29, 1.82) is 0 Å². The van der Waals surface area contributed by atoms with Gasteiger partial charge in [0.2, 0.25) is 0 Å². The van der Waals surface area contributed by atoms with Crippen LogP contribution in [0.1, 0.15) is 27.7 Å². The lowest BCUT2D eigenvalue weighted by Gasteiger charge is -2.21. The summed E-state index contributed by atoms with van der Waals surface area (Å²) >= 11 is 0. The summed E-state index contributed by atoms with van der Waals surface area (Å²) in [5.74, 6) is -0.633. The lowest BCUT2D eigenvalue weighted by molar-refractivity contribution is -0.159. The highest BCUT2D eigenvalue weighted by Gasteiger charge is 2.19. The van der Waals surface area contributed by atoms with Crippen molar-refractivity contribution in [1.82, 2.24) is 0 Å². The summed E-state index contributed by atoms with van der Waals surface area (Å²) in [4.78, 5) is 10.9. The maximum Gasteiger partial charge on any atom is 0.337 e. The predicted molar refractivity (Wildman–Crippen MR) is 48.3 cm³/mol. The van der Waals surface area contributed by atoms with Gasteiger partial charge in [0.05, 0.1) is 18.8 Å². The molecule has 0 bridgehead atoms. The van der Waals surface area contributed by atoms with Crippen molar-refractivity contribution in [2.45, 2.75) is 39.4 Å². The van der Waals surface area contributed by atoms with E-state index in [-0.39, 0.29) is 18.8 Å². The number of rotatable bonds is 4. The molecule has 4 nitrogen and oxygen atoms in total. The second-order valence-corrected chi connectivity index (χ2v) is 3.69. The van der Waals surface area contributed by atoms with Crippen molar-refractivity contribution in [3.8, 4) is 0 Å². The van der Waals surface area contributed by atoms with Gasteiger partial charge < -0.3 is 14.6 Å². The molecule has 0 rings (SSSR count). The first-order valence-corrected chi connectivity index (χ1v) is 4.35. The molecule has 0 spiro atoms. The van der Waals surface area contributed by atoms with E-state index in [0.29, 0.717) is 0 Å². The number of esters is 1. The van der Waals surface area contributed by atoms with Crippen LogP contribution in [-0.4, -0.2) is 36.0 Å². The molecule has 13 heavy (non-hydrogen) atoms. The number of carbonyl (C=O) groups excluding carboxylic acids is 1. The van der Waals surface area contributed by atoms with Crippen LogP contribution >= 0.6 is 0 Å². The molecule has 0 aliphatic carbocycles. The van der Waals surface area contributed by atoms with Gasteiger partial charge in [0.15, 0.2) is 6.10 Å². The maximum atomic E-state index is 10.9. The van der Waals surface area contributed by atoms with E-state index in [1.165, 1.54) is 0 Å². The lowest BCUT2D eigenvalue weighted by Crippen LogP contribution is -2.32. The highest BCUT2D eigenvalue weighted by molar-refractivity contribution is 5.74. The highest BCUT2D eigenvalue weighted by Crippen LogP contribution is 2.07. The average molecular weight is 190 g/mol. The Morgan fingerprint density at radius 2 is 2.00 bits per heavy atom. The minimum atomic E-state index is -1.18. The molecule has 4 heteroatoms. The van der Waals surface area contributed by atoms with Crippen molar-refractivity contribution >= 4 is 5.97 Å². The number of ether oxygens (including phenoxy) is 2. The van der Waals surface area contributed by atoms with Crippen molar-refractivity contribution in [3.05, 3.63) is 0 Å². The summed E-state index contributed by atoms with van der Waals surface area (Å²) < 4.78 is 9.81. The lowest BCUT2D eigenvalue weighted by atomic mass is 10.2. The van der Waals surface area contributed by atoms with Gasteiger partial charge in [-0.2, -0.15) is 0 Å². The molecular formula is C9H18O4. The van der Waals surface area contributed by atoms with Crippen LogP contribution in [0, 0.1) is 0 Å². The fourth-order valence-corrected chi connectivity index (χ4v) is 0.635. The molecule has 0 unspecified atom stereocenters. The molecule has 78 valence electrons. The predicted octanol–water partition coefficient (Wildman–Crippen LogP) is 0.725. The first-order chi connectivity index (χ1) is 5.87. The minimum Gasteiger partial charge on any atom is -0.464 e. The van der Waals surface area contributed by atoms with Gasteiger partial charge in [-0.05, 0) is 27.7 Å². The number of aliphatic hydroxyl groups excluding tert-OH is 1. The van der Waals surface area contributed by atoms with Gasteiger partial charge in [-0.3, -0.25) is 0 Å². The van der Waals surface area contributed by atoms with E-state index >= 15 is 0 Å². The molecule has 0 amide bonds. The fraction of sp³-hybridized carbons (Fsp3) is 0.889. The van der Waals surface area contributed by atoms with Crippen LogP contribution in [0.2, 0.25) is 0 Å². The first kappa shape index (κ1) is 12.4. The molecule has 0 aromatic rings. The van der Waals surface area contributed by atoms with E-state index in [1.54, 1.807) is 6.92 Å². The summed E-state index contributed by atoms with van der Waals surface area (Å²) in [6, 6.07) is 0.